The predicted octanol–water partition coefficient (Wildman–Crippen LogP) is 2.65. The fraction of sp³-hybridized carbons (Fsp3) is 0.250. The molecule has 1 aliphatic rings. The van der Waals surface area contributed by atoms with E-state index in [9.17, 15) is 0 Å². The molecule has 0 saturated carbocycles. The minimum absolute atomic E-state index is 0.231. The number of aryl methyl sites for hydroxylation is 1. The maximum Gasteiger partial charge on any atom is 0.0766 e. The van der Waals surface area contributed by atoms with E-state index in [0.29, 0.717) is 0 Å². The second-order valence-corrected chi connectivity index (χ2v) is 4.59. The molecule has 0 saturated heterocycles. The average molecular weight is 249 g/mol. The summed E-state index contributed by atoms with van der Waals surface area (Å²) in [5.74, 6) is 0. The van der Waals surface area contributed by atoms with E-state index in [-0.39, 0.29) is 6.04 Å². The van der Waals surface area contributed by atoms with Crippen LogP contribution in [-0.4, -0.2) is 16.3 Å². The van der Waals surface area contributed by atoms with Gasteiger partial charge in [-0.15, -0.1) is 0 Å². The minimum Gasteiger partial charge on any atom is -0.380 e. The molecule has 1 aromatic carbocycles. The highest BCUT2D eigenvalue weighted by molar-refractivity contribution is 6.34. The van der Waals surface area contributed by atoms with Crippen LogP contribution in [0, 0.1) is 0 Å². The maximum atomic E-state index is 6.12. The van der Waals surface area contributed by atoms with Gasteiger partial charge in [-0.25, -0.2) is 0 Å². The number of fused-ring (bicyclic) bond motifs is 1. The van der Waals surface area contributed by atoms with Crippen LogP contribution in [-0.2, 0) is 7.05 Å². The Hall–Kier alpha value is -1.68. The summed E-state index contributed by atoms with van der Waals surface area (Å²) in [5.41, 5.74) is 3.19. The standard InChI is InChI=1S/C12H13ClN4/c1-17-7-8(5-15-17)11-6-14-12-9(13)3-2-4-10(12)16-11/h2-5,7,11,14,16H,6H2,1H3. The molecule has 0 fully saturated rings. The molecule has 1 aromatic heterocycles. The van der Waals surface area contributed by atoms with Crippen molar-refractivity contribution in [1.82, 2.24) is 9.78 Å². The summed E-state index contributed by atoms with van der Waals surface area (Å²) in [6.45, 7) is 0.808. The molecule has 1 unspecified atom stereocenters. The number of para-hydroxylation sites is 1. The van der Waals surface area contributed by atoms with E-state index in [0.717, 1.165) is 22.9 Å². The lowest BCUT2D eigenvalue weighted by Crippen LogP contribution is -2.25. The molecule has 5 heteroatoms. The SMILES string of the molecule is Cn1cc(C2CNc3c(Cl)cccc3N2)cn1. The summed E-state index contributed by atoms with van der Waals surface area (Å²) in [4.78, 5) is 0. The molecule has 0 spiro atoms. The van der Waals surface area contributed by atoms with Gasteiger partial charge in [0.2, 0.25) is 0 Å². The van der Waals surface area contributed by atoms with Gasteiger partial charge in [-0.1, -0.05) is 17.7 Å². The molecule has 0 aliphatic carbocycles. The smallest absolute Gasteiger partial charge is 0.0766 e. The van der Waals surface area contributed by atoms with Crippen molar-refractivity contribution in [3.63, 3.8) is 0 Å². The highest BCUT2D eigenvalue weighted by Crippen LogP contribution is 2.36. The molecule has 0 bridgehead atoms. The lowest BCUT2D eigenvalue weighted by atomic mass is 10.1. The van der Waals surface area contributed by atoms with Crippen molar-refractivity contribution in [1.29, 1.82) is 0 Å². The van der Waals surface area contributed by atoms with E-state index < -0.39 is 0 Å². The highest BCUT2D eigenvalue weighted by atomic mass is 35.5. The van der Waals surface area contributed by atoms with Crippen LogP contribution >= 0.6 is 11.6 Å². The van der Waals surface area contributed by atoms with Crippen molar-refractivity contribution in [3.8, 4) is 0 Å². The Morgan fingerprint density at radius 1 is 1.47 bits per heavy atom. The quantitative estimate of drug-likeness (QED) is 0.815. The zero-order valence-corrected chi connectivity index (χ0v) is 10.2. The third kappa shape index (κ3) is 1.85. The van der Waals surface area contributed by atoms with Crippen LogP contribution in [0.5, 0.6) is 0 Å². The first kappa shape index (κ1) is 10.5. The number of benzene rings is 1. The third-order valence-electron chi connectivity index (χ3n) is 2.95. The first-order valence-electron chi connectivity index (χ1n) is 5.51. The number of rotatable bonds is 1. The molecule has 1 aliphatic heterocycles. The maximum absolute atomic E-state index is 6.12. The van der Waals surface area contributed by atoms with Gasteiger partial charge in [-0.05, 0) is 12.1 Å². The Labute approximate surface area is 105 Å². The molecule has 4 nitrogen and oxygen atoms in total. The molecular weight excluding hydrogens is 236 g/mol. The molecule has 2 aromatic rings. The van der Waals surface area contributed by atoms with E-state index in [1.54, 1.807) is 0 Å². The molecule has 2 N–H and O–H groups in total. The van der Waals surface area contributed by atoms with Crippen molar-refractivity contribution in [2.75, 3.05) is 17.2 Å². The Bertz CT molecular complexity index is 549. The van der Waals surface area contributed by atoms with Crippen LogP contribution < -0.4 is 10.6 Å². The van der Waals surface area contributed by atoms with E-state index >= 15 is 0 Å². The molecular formula is C12H13ClN4. The Morgan fingerprint density at radius 3 is 3.12 bits per heavy atom. The number of aromatic nitrogens is 2. The van der Waals surface area contributed by atoms with Gasteiger partial charge in [0, 0.05) is 25.4 Å². The highest BCUT2D eigenvalue weighted by Gasteiger charge is 2.20. The molecule has 1 atom stereocenters. The lowest BCUT2D eigenvalue weighted by Gasteiger charge is -2.28. The monoisotopic (exact) mass is 248 g/mol. The molecule has 0 amide bonds. The van der Waals surface area contributed by atoms with Gasteiger partial charge in [-0.2, -0.15) is 5.10 Å². The van der Waals surface area contributed by atoms with E-state index in [2.05, 4.69) is 15.7 Å². The van der Waals surface area contributed by atoms with Crippen LogP contribution in [0.15, 0.2) is 30.6 Å². The fourth-order valence-corrected chi connectivity index (χ4v) is 2.33. The van der Waals surface area contributed by atoms with Gasteiger partial charge in [-0.3, -0.25) is 4.68 Å². The topological polar surface area (TPSA) is 41.9 Å². The Kier molecular flexibility index (Phi) is 2.44. The minimum atomic E-state index is 0.231. The summed E-state index contributed by atoms with van der Waals surface area (Å²) in [6, 6.07) is 6.09. The second kappa shape index (κ2) is 3.96. The largest absolute Gasteiger partial charge is 0.380 e. The molecule has 2 heterocycles. The summed E-state index contributed by atoms with van der Waals surface area (Å²) >= 11 is 6.12. The normalized spacial score (nSPS) is 18.1. The van der Waals surface area contributed by atoms with Crippen LogP contribution in [0.25, 0.3) is 0 Å². The van der Waals surface area contributed by atoms with Gasteiger partial charge in [0.1, 0.15) is 0 Å². The lowest BCUT2D eigenvalue weighted by molar-refractivity contribution is 0.761. The zero-order chi connectivity index (χ0) is 11.8. The van der Waals surface area contributed by atoms with Crippen LogP contribution in [0.3, 0.4) is 0 Å². The van der Waals surface area contributed by atoms with Gasteiger partial charge in [0.25, 0.3) is 0 Å². The predicted molar refractivity (Wildman–Crippen MR) is 69.5 cm³/mol. The van der Waals surface area contributed by atoms with Crippen molar-refractivity contribution in [2.45, 2.75) is 6.04 Å². The molecule has 88 valence electrons. The molecule has 0 radical (unpaired) electrons. The summed E-state index contributed by atoms with van der Waals surface area (Å²) in [6.07, 6.45) is 3.91. The average Bonchev–Trinajstić information content (AvgIpc) is 2.76. The van der Waals surface area contributed by atoms with Crippen LogP contribution in [0.1, 0.15) is 11.6 Å². The summed E-state index contributed by atoms with van der Waals surface area (Å²) in [7, 11) is 1.92. The first-order valence-corrected chi connectivity index (χ1v) is 5.89. The zero-order valence-electron chi connectivity index (χ0n) is 9.44. The van der Waals surface area contributed by atoms with E-state index in [1.165, 1.54) is 5.56 Å². The van der Waals surface area contributed by atoms with Crippen LogP contribution in [0.2, 0.25) is 5.02 Å². The number of nitrogens with zero attached hydrogens (tertiary/aromatic N) is 2. The fourth-order valence-electron chi connectivity index (χ4n) is 2.09. The van der Waals surface area contributed by atoms with E-state index in [4.69, 9.17) is 11.6 Å². The summed E-state index contributed by atoms with van der Waals surface area (Å²) < 4.78 is 1.81. The van der Waals surface area contributed by atoms with Crippen molar-refractivity contribution in [3.05, 3.63) is 41.2 Å². The first-order chi connectivity index (χ1) is 8.24. The van der Waals surface area contributed by atoms with Gasteiger partial charge in [0.15, 0.2) is 0 Å². The van der Waals surface area contributed by atoms with E-state index in [1.807, 2.05) is 42.3 Å². The van der Waals surface area contributed by atoms with Gasteiger partial charge >= 0.3 is 0 Å². The Morgan fingerprint density at radius 2 is 2.35 bits per heavy atom. The Balaban J connectivity index is 1.90. The van der Waals surface area contributed by atoms with Crippen molar-refractivity contribution in [2.24, 2.45) is 7.05 Å². The van der Waals surface area contributed by atoms with Crippen molar-refractivity contribution < 1.29 is 0 Å². The number of hydrogen-bond donors (Lipinski definition) is 2. The second-order valence-electron chi connectivity index (χ2n) is 4.19. The van der Waals surface area contributed by atoms with Gasteiger partial charge in [0.05, 0.1) is 28.6 Å². The molecule has 3 rings (SSSR count). The van der Waals surface area contributed by atoms with Gasteiger partial charge < -0.3 is 10.6 Å². The third-order valence-corrected chi connectivity index (χ3v) is 3.27. The number of nitrogens with one attached hydrogen (secondary N) is 2. The number of anilines is 2. The van der Waals surface area contributed by atoms with Crippen molar-refractivity contribution >= 4 is 23.0 Å². The molecule has 17 heavy (non-hydrogen) atoms. The number of hydrogen-bond acceptors (Lipinski definition) is 3. The van der Waals surface area contributed by atoms with Crippen LogP contribution in [0.4, 0.5) is 11.4 Å². The summed E-state index contributed by atoms with van der Waals surface area (Å²) in [5, 5.41) is 11.8. The number of halogens is 1.